The minimum atomic E-state index is -0.221. The summed E-state index contributed by atoms with van der Waals surface area (Å²) >= 11 is 0. The van der Waals surface area contributed by atoms with Gasteiger partial charge in [0.15, 0.2) is 0 Å². The average Bonchev–Trinajstić information content (AvgIpc) is 2.76. The van der Waals surface area contributed by atoms with Gasteiger partial charge in [0.1, 0.15) is 18.0 Å². The molecule has 0 amide bonds. The first-order valence-electron chi connectivity index (χ1n) is 6.17. The molecule has 17 heavy (non-hydrogen) atoms. The molecule has 2 rings (SSSR count). The SMILES string of the molecule is CCCN(C)c1cc(N2CCC(O)C2)ncn1. The van der Waals surface area contributed by atoms with Gasteiger partial charge in [-0.2, -0.15) is 0 Å². The van der Waals surface area contributed by atoms with E-state index in [-0.39, 0.29) is 6.10 Å². The Morgan fingerprint density at radius 2 is 2.35 bits per heavy atom. The molecule has 1 aromatic rings. The number of aliphatic hydroxyl groups is 1. The van der Waals surface area contributed by atoms with Gasteiger partial charge in [-0.05, 0) is 12.8 Å². The van der Waals surface area contributed by atoms with E-state index >= 15 is 0 Å². The molecule has 0 aliphatic carbocycles. The molecule has 0 bridgehead atoms. The minimum Gasteiger partial charge on any atom is -0.391 e. The van der Waals surface area contributed by atoms with E-state index in [4.69, 9.17) is 0 Å². The number of rotatable bonds is 4. The van der Waals surface area contributed by atoms with Crippen LogP contribution in [0.15, 0.2) is 12.4 Å². The molecule has 5 heteroatoms. The van der Waals surface area contributed by atoms with Crippen LogP contribution in [0.1, 0.15) is 19.8 Å². The predicted molar refractivity (Wildman–Crippen MR) is 68.4 cm³/mol. The van der Waals surface area contributed by atoms with Crippen LogP contribution in [0, 0.1) is 0 Å². The quantitative estimate of drug-likeness (QED) is 0.841. The fraction of sp³-hybridized carbons (Fsp3) is 0.667. The summed E-state index contributed by atoms with van der Waals surface area (Å²) in [5, 5.41) is 9.53. The smallest absolute Gasteiger partial charge is 0.134 e. The summed E-state index contributed by atoms with van der Waals surface area (Å²) in [5.74, 6) is 1.85. The summed E-state index contributed by atoms with van der Waals surface area (Å²) in [6.07, 6.45) is 3.30. The van der Waals surface area contributed by atoms with Crippen molar-refractivity contribution in [3.8, 4) is 0 Å². The van der Waals surface area contributed by atoms with Crippen molar-refractivity contribution in [1.82, 2.24) is 9.97 Å². The Morgan fingerprint density at radius 3 is 3.00 bits per heavy atom. The number of β-amino-alcohol motifs (C(OH)–C–C–N with tert-alkyl or cyclic N) is 1. The normalized spacial score (nSPS) is 19.7. The Bertz CT molecular complexity index is 371. The molecule has 2 heterocycles. The molecule has 5 nitrogen and oxygen atoms in total. The second-order valence-electron chi connectivity index (χ2n) is 4.54. The molecular formula is C12H20N4O. The summed E-state index contributed by atoms with van der Waals surface area (Å²) in [6, 6.07) is 1.99. The monoisotopic (exact) mass is 236 g/mol. The van der Waals surface area contributed by atoms with Crippen LogP contribution in [0.4, 0.5) is 11.6 Å². The van der Waals surface area contributed by atoms with E-state index in [0.717, 1.165) is 37.6 Å². The molecule has 1 saturated heterocycles. The maximum Gasteiger partial charge on any atom is 0.134 e. The van der Waals surface area contributed by atoms with Gasteiger partial charge in [0.2, 0.25) is 0 Å². The Labute approximate surface area is 102 Å². The van der Waals surface area contributed by atoms with E-state index in [0.29, 0.717) is 6.54 Å². The summed E-state index contributed by atoms with van der Waals surface area (Å²) in [7, 11) is 2.04. The second-order valence-corrected chi connectivity index (χ2v) is 4.54. The van der Waals surface area contributed by atoms with E-state index < -0.39 is 0 Å². The molecule has 1 unspecified atom stereocenters. The van der Waals surface area contributed by atoms with Crippen molar-refractivity contribution in [2.75, 3.05) is 36.5 Å². The highest BCUT2D eigenvalue weighted by molar-refractivity contribution is 5.50. The van der Waals surface area contributed by atoms with Crippen molar-refractivity contribution < 1.29 is 5.11 Å². The number of aromatic nitrogens is 2. The summed E-state index contributed by atoms with van der Waals surface area (Å²) in [5.41, 5.74) is 0. The Morgan fingerprint density at radius 1 is 1.53 bits per heavy atom. The van der Waals surface area contributed by atoms with Gasteiger partial charge in [0.25, 0.3) is 0 Å². The Hall–Kier alpha value is -1.36. The Balaban J connectivity index is 2.11. The van der Waals surface area contributed by atoms with E-state index in [2.05, 4.69) is 26.7 Å². The molecule has 1 fully saturated rings. The third-order valence-corrected chi connectivity index (χ3v) is 3.08. The lowest BCUT2D eigenvalue weighted by Gasteiger charge is -2.20. The van der Waals surface area contributed by atoms with Crippen LogP contribution in [0.3, 0.4) is 0 Å². The number of hydrogen-bond donors (Lipinski definition) is 1. The van der Waals surface area contributed by atoms with Gasteiger partial charge in [-0.25, -0.2) is 9.97 Å². The van der Waals surface area contributed by atoms with Crippen molar-refractivity contribution in [2.24, 2.45) is 0 Å². The molecule has 0 saturated carbocycles. The van der Waals surface area contributed by atoms with Crippen molar-refractivity contribution in [3.63, 3.8) is 0 Å². The third kappa shape index (κ3) is 2.85. The molecule has 1 atom stereocenters. The van der Waals surface area contributed by atoms with E-state index in [9.17, 15) is 5.11 Å². The first-order valence-corrected chi connectivity index (χ1v) is 6.17. The molecule has 1 aliphatic heterocycles. The van der Waals surface area contributed by atoms with Crippen molar-refractivity contribution in [2.45, 2.75) is 25.9 Å². The van der Waals surface area contributed by atoms with Gasteiger partial charge in [-0.1, -0.05) is 6.92 Å². The maximum atomic E-state index is 9.53. The van der Waals surface area contributed by atoms with Gasteiger partial charge in [0.05, 0.1) is 6.10 Å². The summed E-state index contributed by atoms with van der Waals surface area (Å²) < 4.78 is 0. The first-order chi connectivity index (χ1) is 8.20. The molecule has 0 spiro atoms. The molecule has 94 valence electrons. The maximum absolute atomic E-state index is 9.53. The van der Waals surface area contributed by atoms with Gasteiger partial charge in [-0.15, -0.1) is 0 Å². The molecule has 1 N–H and O–H groups in total. The van der Waals surface area contributed by atoms with Crippen LogP contribution in [-0.2, 0) is 0 Å². The molecule has 1 aliphatic rings. The largest absolute Gasteiger partial charge is 0.391 e. The number of anilines is 2. The zero-order chi connectivity index (χ0) is 12.3. The van der Waals surface area contributed by atoms with Crippen molar-refractivity contribution in [1.29, 1.82) is 0 Å². The van der Waals surface area contributed by atoms with Gasteiger partial charge >= 0.3 is 0 Å². The van der Waals surface area contributed by atoms with Crippen molar-refractivity contribution in [3.05, 3.63) is 12.4 Å². The van der Waals surface area contributed by atoms with Crippen LogP contribution < -0.4 is 9.80 Å². The summed E-state index contributed by atoms with van der Waals surface area (Å²) in [6.45, 7) is 4.68. The van der Waals surface area contributed by atoms with Crippen molar-refractivity contribution >= 4 is 11.6 Å². The average molecular weight is 236 g/mol. The van der Waals surface area contributed by atoms with Crippen LogP contribution in [0.25, 0.3) is 0 Å². The highest BCUT2D eigenvalue weighted by atomic mass is 16.3. The minimum absolute atomic E-state index is 0.221. The zero-order valence-corrected chi connectivity index (χ0v) is 10.5. The van der Waals surface area contributed by atoms with E-state index in [1.807, 2.05) is 13.1 Å². The lowest BCUT2D eigenvalue weighted by atomic mass is 10.3. The number of aliphatic hydroxyl groups excluding tert-OH is 1. The van der Waals surface area contributed by atoms with Gasteiger partial charge in [-0.3, -0.25) is 0 Å². The fourth-order valence-corrected chi connectivity index (χ4v) is 2.12. The van der Waals surface area contributed by atoms with E-state index in [1.54, 1.807) is 6.33 Å². The number of nitrogens with zero attached hydrogens (tertiary/aromatic N) is 4. The Kier molecular flexibility index (Phi) is 3.78. The van der Waals surface area contributed by atoms with Gasteiger partial charge in [0, 0.05) is 32.7 Å². The number of hydrogen-bond acceptors (Lipinski definition) is 5. The predicted octanol–water partition coefficient (Wildman–Crippen LogP) is 0.894. The molecular weight excluding hydrogens is 216 g/mol. The topological polar surface area (TPSA) is 52.5 Å². The van der Waals surface area contributed by atoms with Gasteiger partial charge < -0.3 is 14.9 Å². The molecule has 1 aromatic heterocycles. The fourth-order valence-electron chi connectivity index (χ4n) is 2.12. The highest BCUT2D eigenvalue weighted by Crippen LogP contribution is 2.21. The van der Waals surface area contributed by atoms with Crippen LogP contribution >= 0.6 is 0 Å². The first kappa shape index (κ1) is 12.1. The zero-order valence-electron chi connectivity index (χ0n) is 10.5. The van der Waals surface area contributed by atoms with Crippen LogP contribution in [0.5, 0.6) is 0 Å². The lowest BCUT2D eigenvalue weighted by molar-refractivity contribution is 0.198. The third-order valence-electron chi connectivity index (χ3n) is 3.08. The van der Waals surface area contributed by atoms with Crippen LogP contribution in [0.2, 0.25) is 0 Å². The second kappa shape index (κ2) is 5.31. The van der Waals surface area contributed by atoms with E-state index in [1.165, 1.54) is 0 Å². The standard InChI is InChI=1S/C12H20N4O/c1-3-5-15(2)11-7-12(14-9-13-11)16-6-4-10(17)8-16/h7,9-10,17H,3-6,8H2,1-2H3. The lowest BCUT2D eigenvalue weighted by Crippen LogP contribution is -2.24. The highest BCUT2D eigenvalue weighted by Gasteiger charge is 2.21. The summed E-state index contributed by atoms with van der Waals surface area (Å²) in [4.78, 5) is 12.8. The molecule has 0 radical (unpaired) electrons. The van der Waals surface area contributed by atoms with Crippen LogP contribution in [-0.4, -0.2) is 47.9 Å². The molecule has 0 aromatic carbocycles.